The van der Waals surface area contributed by atoms with Crippen LogP contribution in [0.1, 0.15) is 33.0 Å². The minimum absolute atomic E-state index is 0.204. The van der Waals surface area contributed by atoms with E-state index in [1.165, 1.54) is 12.1 Å². The molecule has 0 spiro atoms. The summed E-state index contributed by atoms with van der Waals surface area (Å²) in [5.41, 5.74) is 7.31. The Balaban J connectivity index is 2.68. The minimum Gasteiger partial charge on any atom is -0.329 e. The molecule has 0 saturated carbocycles. The quantitative estimate of drug-likeness (QED) is 0.905. The number of imidazole rings is 1. The minimum atomic E-state index is -0.249. The highest BCUT2D eigenvalue weighted by atomic mass is 19.1. The lowest BCUT2D eigenvalue weighted by Crippen LogP contribution is -2.31. The molecule has 0 amide bonds. The molecule has 3 nitrogen and oxygen atoms in total. The number of fused-ring (bicyclic) bond motifs is 1. The summed E-state index contributed by atoms with van der Waals surface area (Å²) in [6.07, 6.45) is 1.01. The van der Waals surface area contributed by atoms with E-state index in [-0.39, 0.29) is 11.2 Å². The Morgan fingerprint density at radius 2 is 2.11 bits per heavy atom. The average molecular weight is 249 g/mol. The molecule has 0 saturated heterocycles. The van der Waals surface area contributed by atoms with E-state index in [4.69, 9.17) is 5.73 Å². The van der Waals surface area contributed by atoms with E-state index >= 15 is 0 Å². The summed E-state index contributed by atoms with van der Waals surface area (Å²) in [7, 11) is 0. The molecule has 4 heteroatoms. The first-order chi connectivity index (χ1) is 8.49. The Morgan fingerprint density at radius 3 is 2.72 bits per heavy atom. The van der Waals surface area contributed by atoms with Crippen LogP contribution in [0.15, 0.2) is 18.2 Å². The van der Waals surface area contributed by atoms with Crippen molar-refractivity contribution in [3.63, 3.8) is 0 Å². The topological polar surface area (TPSA) is 43.8 Å². The van der Waals surface area contributed by atoms with Crippen molar-refractivity contribution in [1.82, 2.24) is 9.55 Å². The smallest absolute Gasteiger partial charge is 0.125 e. The maximum atomic E-state index is 13.3. The van der Waals surface area contributed by atoms with Gasteiger partial charge in [0.25, 0.3) is 0 Å². The monoisotopic (exact) mass is 249 g/mol. The van der Waals surface area contributed by atoms with Crippen LogP contribution in [0, 0.1) is 5.82 Å². The summed E-state index contributed by atoms with van der Waals surface area (Å²) in [6, 6.07) is 4.76. The fraction of sp³-hybridized carbons (Fsp3) is 0.500. The van der Waals surface area contributed by atoms with E-state index in [1.807, 2.05) is 0 Å². The molecule has 2 aromatic rings. The Morgan fingerprint density at radius 1 is 1.39 bits per heavy atom. The van der Waals surface area contributed by atoms with Crippen molar-refractivity contribution in [1.29, 1.82) is 0 Å². The number of benzene rings is 1. The third-order valence-electron chi connectivity index (χ3n) is 3.27. The van der Waals surface area contributed by atoms with E-state index in [2.05, 4.69) is 30.3 Å². The molecule has 98 valence electrons. The van der Waals surface area contributed by atoms with Crippen molar-refractivity contribution in [2.75, 3.05) is 6.54 Å². The van der Waals surface area contributed by atoms with Gasteiger partial charge in [0.1, 0.15) is 11.6 Å². The second-order valence-electron chi connectivity index (χ2n) is 5.31. The van der Waals surface area contributed by atoms with Gasteiger partial charge in [-0.15, -0.1) is 0 Å². The highest BCUT2D eigenvalue weighted by molar-refractivity contribution is 5.76. The van der Waals surface area contributed by atoms with Crippen LogP contribution in [0.4, 0.5) is 4.39 Å². The second-order valence-corrected chi connectivity index (χ2v) is 5.31. The van der Waals surface area contributed by atoms with Crippen molar-refractivity contribution < 1.29 is 4.39 Å². The number of nitrogens with two attached hydrogens (primary N) is 1. The molecule has 0 fully saturated rings. The zero-order valence-electron chi connectivity index (χ0n) is 11.2. The molecule has 2 rings (SSSR count). The highest BCUT2D eigenvalue weighted by Crippen LogP contribution is 2.26. The van der Waals surface area contributed by atoms with Crippen LogP contribution in [0.25, 0.3) is 11.0 Å². The molecule has 0 radical (unpaired) electrons. The summed E-state index contributed by atoms with van der Waals surface area (Å²) in [5.74, 6) is 0.688. The summed E-state index contributed by atoms with van der Waals surface area (Å²) in [5, 5.41) is 0. The number of aryl methyl sites for hydroxylation is 1. The van der Waals surface area contributed by atoms with E-state index in [0.29, 0.717) is 12.1 Å². The zero-order chi connectivity index (χ0) is 13.3. The summed E-state index contributed by atoms with van der Waals surface area (Å²) >= 11 is 0. The molecular weight excluding hydrogens is 229 g/mol. The fourth-order valence-corrected chi connectivity index (χ4v) is 2.16. The first kappa shape index (κ1) is 13.0. The number of aromatic nitrogens is 2. The third kappa shape index (κ3) is 2.12. The Hall–Kier alpha value is -1.42. The first-order valence-electron chi connectivity index (χ1n) is 6.36. The summed E-state index contributed by atoms with van der Waals surface area (Å²) < 4.78 is 15.4. The van der Waals surface area contributed by atoms with E-state index in [1.54, 1.807) is 6.07 Å². The van der Waals surface area contributed by atoms with Crippen LogP contribution in [0.5, 0.6) is 0 Å². The molecule has 0 aliphatic heterocycles. The van der Waals surface area contributed by atoms with Crippen LogP contribution in [-0.2, 0) is 12.0 Å². The molecule has 0 aliphatic rings. The number of halogens is 1. The molecular formula is C14H20FN3. The Kier molecular flexibility index (Phi) is 3.39. The van der Waals surface area contributed by atoms with Crippen molar-refractivity contribution in [2.45, 2.75) is 39.2 Å². The number of hydrogen-bond donors (Lipinski definition) is 1. The largest absolute Gasteiger partial charge is 0.329 e. The van der Waals surface area contributed by atoms with Gasteiger partial charge in [0.15, 0.2) is 0 Å². The molecule has 0 aliphatic carbocycles. The van der Waals surface area contributed by atoms with Crippen LogP contribution >= 0.6 is 0 Å². The first-order valence-corrected chi connectivity index (χ1v) is 6.36. The molecule has 18 heavy (non-hydrogen) atoms. The van der Waals surface area contributed by atoms with Crippen molar-refractivity contribution in [3.8, 4) is 0 Å². The molecule has 0 bridgehead atoms. The predicted octanol–water partition coefficient (Wildman–Crippen LogP) is 2.82. The van der Waals surface area contributed by atoms with Gasteiger partial charge in [-0.25, -0.2) is 9.37 Å². The van der Waals surface area contributed by atoms with Crippen molar-refractivity contribution in [2.24, 2.45) is 5.73 Å². The van der Waals surface area contributed by atoms with Gasteiger partial charge in [0, 0.05) is 24.6 Å². The SMILES string of the molecule is CCCn1c(C(C)(C)CN)nc2cc(F)ccc21. The lowest BCUT2D eigenvalue weighted by molar-refractivity contribution is 0.469. The molecule has 1 aromatic carbocycles. The second kappa shape index (κ2) is 4.69. The predicted molar refractivity (Wildman–Crippen MR) is 72.1 cm³/mol. The summed E-state index contributed by atoms with van der Waals surface area (Å²) in [4.78, 5) is 4.58. The van der Waals surface area contributed by atoms with Crippen molar-refractivity contribution >= 4 is 11.0 Å². The molecule has 1 heterocycles. The Labute approximate surface area is 107 Å². The van der Waals surface area contributed by atoms with Gasteiger partial charge in [0.05, 0.1) is 11.0 Å². The van der Waals surface area contributed by atoms with E-state index in [0.717, 1.165) is 24.3 Å². The van der Waals surface area contributed by atoms with E-state index < -0.39 is 0 Å². The summed E-state index contributed by atoms with van der Waals surface area (Å²) in [6.45, 7) is 7.64. The van der Waals surface area contributed by atoms with Gasteiger partial charge in [-0.2, -0.15) is 0 Å². The molecule has 2 N–H and O–H groups in total. The fourth-order valence-electron chi connectivity index (χ4n) is 2.16. The standard InChI is InChI=1S/C14H20FN3/c1-4-7-18-12-6-5-10(15)8-11(12)17-13(18)14(2,3)9-16/h5-6,8H,4,7,9,16H2,1-3H3. The maximum absolute atomic E-state index is 13.3. The van der Waals surface area contributed by atoms with Gasteiger partial charge >= 0.3 is 0 Å². The third-order valence-corrected chi connectivity index (χ3v) is 3.27. The maximum Gasteiger partial charge on any atom is 0.125 e. The molecule has 1 aromatic heterocycles. The van der Waals surface area contributed by atoms with Gasteiger partial charge in [-0.1, -0.05) is 20.8 Å². The lowest BCUT2D eigenvalue weighted by atomic mass is 9.92. The zero-order valence-corrected chi connectivity index (χ0v) is 11.2. The van der Waals surface area contributed by atoms with E-state index in [9.17, 15) is 4.39 Å². The number of nitrogens with zero attached hydrogens (tertiary/aromatic N) is 2. The van der Waals surface area contributed by atoms with Gasteiger partial charge in [0.2, 0.25) is 0 Å². The van der Waals surface area contributed by atoms with Gasteiger partial charge < -0.3 is 10.3 Å². The number of hydrogen-bond acceptors (Lipinski definition) is 2. The van der Waals surface area contributed by atoms with Crippen molar-refractivity contribution in [3.05, 3.63) is 29.8 Å². The molecule has 0 atom stereocenters. The van der Waals surface area contributed by atoms with Crippen LogP contribution in [0.2, 0.25) is 0 Å². The van der Waals surface area contributed by atoms with Crippen LogP contribution in [0.3, 0.4) is 0 Å². The molecule has 0 unspecified atom stereocenters. The highest BCUT2D eigenvalue weighted by Gasteiger charge is 2.26. The number of rotatable bonds is 4. The van der Waals surface area contributed by atoms with Crippen LogP contribution < -0.4 is 5.73 Å². The normalized spacial score (nSPS) is 12.3. The van der Waals surface area contributed by atoms with Crippen LogP contribution in [-0.4, -0.2) is 16.1 Å². The Bertz CT molecular complexity index is 557. The lowest BCUT2D eigenvalue weighted by Gasteiger charge is -2.23. The van der Waals surface area contributed by atoms with Gasteiger partial charge in [-0.05, 0) is 18.6 Å². The van der Waals surface area contributed by atoms with Gasteiger partial charge in [-0.3, -0.25) is 0 Å². The average Bonchev–Trinajstić information content (AvgIpc) is 2.68.